The zero-order valence-corrected chi connectivity index (χ0v) is 16.6. The quantitative estimate of drug-likeness (QED) is 0.766. The first kappa shape index (κ1) is 18.5. The van der Waals surface area contributed by atoms with Gasteiger partial charge in [-0.15, -0.1) is 0 Å². The van der Waals surface area contributed by atoms with Crippen LogP contribution in [0.15, 0.2) is 18.2 Å². The third kappa shape index (κ3) is 3.88. The van der Waals surface area contributed by atoms with Gasteiger partial charge in [0.2, 0.25) is 0 Å². The van der Waals surface area contributed by atoms with Crippen molar-refractivity contribution in [2.75, 3.05) is 37.7 Å². The minimum Gasteiger partial charge on any atom is -0.378 e. The Balaban J connectivity index is 1.64. The van der Waals surface area contributed by atoms with Crippen molar-refractivity contribution < 1.29 is 9.53 Å². The van der Waals surface area contributed by atoms with Crippen molar-refractivity contribution in [3.8, 4) is 0 Å². The van der Waals surface area contributed by atoms with Crippen molar-refractivity contribution in [3.05, 3.63) is 50.9 Å². The molecule has 0 spiro atoms. The van der Waals surface area contributed by atoms with Crippen molar-refractivity contribution in [2.24, 2.45) is 0 Å². The molecule has 3 heterocycles. The highest BCUT2D eigenvalue weighted by molar-refractivity contribution is 6.35. The van der Waals surface area contributed by atoms with E-state index >= 15 is 0 Å². The number of fused-ring (bicyclic) bond motifs is 1. The summed E-state index contributed by atoms with van der Waals surface area (Å²) in [6, 6.07) is 4.93. The number of nitrogens with zero attached hydrogens (tertiary/aromatic N) is 4. The Bertz CT molecular complexity index is 864. The number of carbonyl (C=O) groups is 1. The molecule has 4 rings (SSSR count). The van der Waals surface area contributed by atoms with Gasteiger partial charge < -0.3 is 14.5 Å². The number of rotatable bonds is 2. The lowest BCUT2D eigenvalue weighted by molar-refractivity contribution is 0.0733. The van der Waals surface area contributed by atoms with E-state index in [1.807, 2.05) is 11.8 Å². The van der Waals surface area contributed by atoms with Crippen LogP contribution in [0.3, 0.4) is 0 Å². The number of morpholine rings is 1. The Hall–Kier alpha value is -1.89. The fourth-order valence-corrected chi connectivity index (χ4v) is 4.11. The molecule has 6 nitrogen and oxygen atoms in total. The zero-order valence-electron chi connectivity index (χ0n) is 15.0. The van der Waals surface area contributed by atoms with Crippen LogP contribution in [-0.2, 0) is 17.7 Å². The van der Waals surface area contributed by atoms with Crippen molar-refractivity contribution in [3.63, 3.8) is 0 Å². The van der Waals surface area contributed by atoms with Gasteiger partial charge >= 0.3 is 0 Å². The third-order valence-corrected chi connectivity index (χ3v) is 5.29. The van der Waals surface area contributed by atoms with Gasteiger partial charge in [-0.05, 0) is 25.1 Å². The smallest absolute Gasteiger partial charge is 0.254 e. The van der Waals surface area contributed by atoms with E-state index in [-0.39, 0.29) is 5.91 Å². The lowest BCUT2D eigenvalue weighted by atomic mass is 10.0. The molecule has 1 fully saturated rings. The van der Waals surface area contributed by atoms with E-state index in [0.29, 0.717) is 48.3 Å². The summed E-state index contributed by atoms with van der Waals surface area (Å²) in [5, 5.41) is 0.910. The number of halogens is 2. The van der Waals surface area contributed by atoms with Gasteiger partial charge in [-0.2, -0.15) is 0 Å². The van der Waals surface area contributed by atoms with Gasteiger partial charge in [-0.3, -0.25) is 4.79 Å². The number of anilines is 1. The van der Waals surface area contributed by atoms with Gasteiger partial charge in [0, 0.05) is 47.2 Å². The minimum atomic E-state index is -0.0847. The van der Waals surface area contributed by atoms with E-state index in [2.05, 4.69) is 14.9 Å². The summed E-state index contributed by atoms with van der Waals surface area (Å²) in [4.78, 5) is 26.3. The van der Waals surface area contributed by atoms with Crippen LogP contribution < -0.4 is 4.90 Å². The Morgan fingerprint density at radius 3 is 2.48 bits per heavy atom. The highest BCUT2D eigenvalue weighted by atomic mass is 35.5. The molecule has 1 aromatic carbocycles. The number of aryl methyl sites for hydroxylation is 1. The first-order valence-corrected chi connectivity index (χ1v) is 9.71. The van der Waals surface area contributed by atoms with Gasteiger partial charge in [0.05, 0.1) is 25.5 Å². The van der Waals surface area contributed by atoms with Gasteiger partial charge in [0.25, 0.3) is 5.91 Å². The average Bonchev–Trinajstić information content (AvgIpc) is 2.66. The number of ether oxygens (including phenoxy) is 1. The standard InChI is InChI=1S/C19H20Cl2N4O2/c1-12-22-17-2-3-25(19(26)13-8-14(20)10-15(21)9-13)11-16(17)18(23-12)24-4-6-27-7-5-24/h8-10H,2-7,11H2,1H3. The molecule has 0 bridgehead atoms. The van der Waals surface area contributed by atoms with Crippen molar-refractivity contribution in [1.82, 2.24) is 14.9 Å². The van der Waals surface area contributed by atoms with E-state index in [1.54, 1.807) is 18.2 Å². The van der Waals surface area contributed by atoms with E-state index < -0.39 is 0 Å². The molecule has 8 heteroatoms. The molecule has 0 radical (unpaired) electrons. The normalized spacial score (nSPS) is 17.0. The number of hydrogen-bond donors (Lipinski definition) is 0. The number of aromatic nitrogens is 2. The maximum Gasteiger partial charge on any atom is 0.254 e. The van der Waals surface area contributed by atoms with Crippen LogP contribution in [0.1, 0.15) is 27.4 Å². The topological polar surface area (TPSA) is 58.6 Å². The zero-order chi connectivity index (χ0) is 19.0. The molecule has 1 aromatic heterocycles. The first-order chi connectivity index (χ1) is 13.0. The fraction of sp³-hybridized carbons (Fsp3) is 0.421. The number of carbonyl (C=O) groups excluding carboxylic acids is 1. The Kier molecular flexibility index (Phi) is 5.21. The lowest BCUT2D eigenvalue weighted by Crippen LogP contribution is -2.41. The molecule has 2 aromatic rings. The van der Waals surface area contributed by atoms with Crippen LogP contribution in [-0.4, -0.2) is 53.6 Å². The second kappa shape index (κ2) is 7.62. The van der Waals surface area contributed by atoms with Crippen LogP contribution in [0.2, 0.25) is 10.0 Å². The van der Waals surface area contributed by atoms with E-state index in [4.69, 9.17) is 27.9 Å². The van der Waals surface area contributed by atoms with Crippen LogP contribution >= 0.6 is 23.2 Å². The summed E-state index contributed by atoms with van der Waals surface area (Å²) in [6.07, 6.45) is 0.704. The molecule has 1 saturated heterocycles. The Labute approximate surface area is 168 Å². The first-order valence-electron chi connectivity index (χ1n) is 8.96. The molecule has 27 heavy (non-hydrogen) atoms. The molecule has 0 aliphatic carbocycles. The molecule has 0 atom stereocenters. The molecule has 2 aliphatic heterocycles. The molecule has 0 N–H and O–H groups in total. The Morgan fingerprint density at radius 1 is 1.07 bits per heavy atom. The van der Waals surface area contributed by atoms with Crippen LogP contribution in [0.4, 0.5) is 5.82 Å². The maximum absolute atomic E-state index is 13.0. The van der Waals surface area contributed by atoms with E-state index in [0.717, 1.165) is 36.0 Å². The largest absolute Gasteiger partial charge is 0.378 e. The average molecular weight is 407 g/mol. The van der Waals surface area contributed by atoms with Crippen molar-refractivity contribution in [2.45, 2.75) is 19.9 Å². The number of amides is 1. The molecule has 0 unspecified atom stereocenters. The number of hydrogen-bond acceptors (Lipinski definition) is 5. The van der Waals surface area contributed by atoms with Gasteiger partial charge in [0.1, 0.15) is 11.6 Å². The minimum absolute atomic E-state index is 0.0847. The second-order valence-electron chi connectivity index (χ2n) is 6.75. The summed E-state index contributed by atoms with van der Waals surface area (Å²) in [6.45, 7) is 5.94. The Morgan fingerprint density at radius 2 is 1.78 bits per heavy atom. The van der Waals surface area contributed by atoms with Crippen LogP contribution in [0.5, 0.6) is 0 Å². The van der Waals surface area contributed by atoms with Gasteiger partial charge in [-0.25, -0.2) is 9.97 Å². The van der Waals surface area contributed by atoms with E-state index in [9.17, 15) is 4.79 Å². The predicted octanol–water partition coefficient (Wildman–Crippen LogP) is 3.13. The van der Waals surface area contributed by atoms with Gasteiger partial charge in [0.15, 0.2) is 0 Å². The molecule has 0 saturated carbocycles. The summed E-state index contributed by atoms with van der Waals surface area (Å²) in [5.74, 6) is 1.60. The third-order valence-electron chi connectivity index (χ3n) is 4.86. The van der Waals surface area contributed by atoms with Crippen molar-refractivity contribution in [1.29, 1.82) is 0 Å². The molecule has 142 valence electrons. The molecule has 2 aliphatic rings. The number of benzene rings is 1. The summed E-state index contributed by atoms with van der Waals surface area (Å²) in [5.41, 5.74) is 2.55. The summed E-state index contributed by atoms with van der Waals surface area (Å²) >= 11 is 12.1. The summed E-state index contributed by atoms with van der Waals surface area (Å²) in [7, 11) is 0. The SMILES string of the molecule is Cc1nc2c(c(N3CCOCC3)n1)CN(C(=O)c1cc(Cl)cc(Cl)c1)CC2. The fourth-order valence-electron chi connectivity index (χ4n) is 3.59. The molecular weight excluding hydrogens is 387 g/mol. The predicted molar refractivity (Wildman–Crippen MR) is 105 cm³/mol. The van der Waals surface area contributed by atoms with E-state index in [1.165, 1.54) is 0 Å². The van der Waals surface area contributed by atoms with Gasteiger partial charge in [-0.1, -0.05) is 23.2 Å². The monoisotopic (exact) mass is 406 g/mol. The molecule has 1 amide bonds. The van der Waals surface area contributed by atoms with Crippen molar-refractivity contribution >= 4 is 34.9 Å². The molecular formula is C19H20Cl2N4O2. The van der Waals surface area contributed by atoms with Crippen LogP contribution in [0, 0.1) is 6.92 Å². The summed E-state index contributed by atoms with van der Waals surface area (Å²) < 4.78 is 5.46. The van der Waals surface area contributed by atoms with Crippen LogP contribution in [0.25, 0.3) is 0 Å². The highest BCUT2D eigenvalue weighted by Crippen LogP contribution is 2.29. The highest BCUT2D eigenvalue weighted by Gasteiger charge is 2.28. The second-order valence-corrected chi connectivity index (χ2v) is 7.63. The maximum atomic E-state index is 13.0. The lowest BCUT2D eigenvalue weighted by Gasteiger charge is -2.34.